The van der Waals surface area contributed by atoms with Gasteiger partial charge in [0, 0.05) is 22.5 Å². The Balaban J connectivity index is 1.49. The van der Waals surface area contributed by atoms with Crippen molar-refractivity contribution in [2.45, 2.75) is 19.9 Å². The number of aryl methyl sites for hydroxylation is 1. The minimum atomic E-state index is -0.0309. The van der Waals surface area contributed by atoms with Crippen LogP contribution in [0.3, 0.4) is 0 Å². The molecule has 0 fully saturated rings. The molecule has 2 aromatic carbocycles. The summed E-state index contributed by atoms with van der Waals surface area (Å²) in [5.74, 6) is 1.58. The van der Waals surface area contributed by atoms with Crippen LogP contribution in [0.5, 0.6) is 11.5 Å². The number of nitrogens with zero attached hydrogens (tertiary/aromatic N) is 2. The molecule has 0 aliphatic heterocycles. The number of halogens is 1. The first-order chi connectivity index (χ1) is 14.7. The van der Waals surface area contributed by atoms with Crippen molar-refractivity contribution in [3.8, 4) is 22.6 Å². The fourth-order valence-corrected chi connectivity index (χ4v) is 4.22. The lowest BCUT2D eigenvalue weighted by atomic mass is 10.1. The molecule has 0 spiro atoms. The van der Waals surface area contributed by atoms with E-state index in [0.29, 0.717) is 36.6 Å². The Hall–Kier alpha value is -2.83. The zero-order valence-electron chi connectivity index (χ0n) is 16.5. The number of ether oxygens (including phenoxy) is 2. The maximum absolute atomic E-state index is 13.1. The van der Waals surface area contributed by atoms with Gasteiger partial charge in [-0.25, -0.2) is 4.98 Å². The van der Waals surface area contributed by atoms with Gasteiger partial charge in [-0.05, 0) is 55.3 Å². The van der Waals surface area contributed by atoms with Gasteiger partial charge in [-0.1, -0.05) is 23.7 Å². The van der Waals surface area contributed by atoms with Crippen LogP contribution in [0.25, 0.3) is 21.3 Å². The van der Waals surface area contributed by atoms with Gasteiger partial charge in [0.1, 0.15) is 16.3 Å². The van der Waals surface area contributed by atoms with Crippen LogP contribution in [0.2, 0.25) is 5.02 Å². The third-order valence-corrected chi connectivity index (χ3v) is 5.80. The van der Waals surface area contributed by atoms with Gasteiger partial charge in [0.2, 0.25) is 0 Å². The molecule has 4 rings (SSSR count). The number of hydrogen-bond donors (Lipinski definition) is 0. The van der Waals surface area contributed by atoms with Crippen LogP contribution in [0, 0.1) is 0 Å². The lowest BCUT2D eigenvalue weighted by molar-refractivity contribution is 0.301. The van der Waals surface area contributed by atoms with Gasteiger partial charge in [-0.15, -0.1) is 11.3 Å². The first-order valence-corrected chi connectivity index (χ1v) is 11.0. The summed E-state index contributed by atoms with van der Waals surface area (Å²) in [5.41, 5.74) is 1.85. The zero-order valence-corrected chi connectivity index (χ0v) is 18.1. The highest BCUT2D eigenvalue weighted by atomic mass is 35.5. The molecule has 0 saturated heterocycles. The first kappa shape index (κ1) is 20.4. The Morgan fingerprint density at radius 2 is 1.73 bits per heavy atom. The molecule has 5 nitrogen and oxygen atoms in total. The number of aromatic nitrogens is 2. The van der Waals surface area contributed by atoms with Crippen LogP contribution in [0.15, 0.2) is 65.0 Å². The fraction of sp³-hybridized carbons (Fsp3) is 0.217. The number of benzene rings is 2. The second kappa shape index (κ2) is 9.32. The van der Waals surface area contributed by atoms with E-state index in [1.807, 2.05) is 48.7 Å². The van der Waals surface area contributed by atoms with Gasteiger partial charge >= 0.3 is 0 Å². The third kappa shape index (κ3) is 4.50. The van der Waals surface area contributed by atoms with Crippen molar-refractivity contribution in [1.82, 2.24) is 9.55 Å². The molecule has 0 N–H and O–H groups in total. The predicted molar refractivity (Wildman–Crippen MR) is 122 cm³/mol. The maximum atomic E-state index is 13.1. The fourth-order valence-electron chi connectivity index (χ4n) is 3.19. The molecule has 0 aliphatic rings. The smallest absolute Gasteiger partial charge is 0.262 e. The highest BCUT2D eigenvalue weighted by Crippen LogP contribution is 2.31. The number of fused-ring (bicyclic) bond motifs is 1. The summed E-state index contributed by atoms with van der Waals surface area (Å²) in [6.45, 7) is 3.61. The van der Waals surface area contributed by atoms with E-state index in [2.05, 4.69) is 4.98 Å². The molecule has 30 heavy (non-hydrogen) atoms. The number of rotatable bonds is 8. The third-order valence-electron chi connectivity index (χ3n) is 4.66. The van der Waals surface area contributed by atoms with E-state index in [4.69, 9.17) is 21.1 Å². The highest BCUT2D eigenvalue weighted by molar-refractivity contribution is 7.17. The first-order valence-electron chi connectivity index (χ1n) is 9.74. The molecule has 0 amide bonds. The Morgan fingerprint density at radius 3 is 2.47 bits per heavy atom. The predicted octanol–water partition coefficient (Wildman–Crippen LogP) is 5.65. The standard InChI is InChI=1S/C23H21ClN2O3S/c1-2-28-18-8-4-16(5-9-18)20-14-30-22-21(20)23(27)26(15-25-22)12-3-13-29-19-10-6-17(24)7-11-19/h4-11,14-15H,2-3,12-13H2,1H3. The average Bonchev–Trinajstić information content (AvgIpc) is 3.20. The summed E-state index contributed by atoms with van der Waals surface area (Å²) in [6, 6.07) is 15.0. The molecular formula is C23H21ClN2O3S. The number of thiophene rings is 1. The van der Waals surface area contributed by atoms with Crippen LogP contribution in [0.1, 0.15) is 13.3 Å². The molecular weight excluding hydrogens is 420 g/mol. The molecule has 2 heterocycles. The molecule has 4 aromatic rings. The Kier molecular flexibility index (Phi) is 6.35. The largest absolute Gasteiger partial charge is 0.494 e. The lowest BCUT2D eigenvalue weighted by Crippen LogP contribution is -2.21. The van der Waals surface area contributed by atoms with Crippen molar-refractivity contribution >= 4 is 33.2 Å². The van der Waals surface area contributed by atoms with Crippen molar-refractivity contribution in [2.24, 2.45) is 0 Å². The van der Waals surface area contributed by atoms with Crippen LogP contribution in [0.4, 0.5) is 0 Å². The summed E-state index contributed by atoms with van der Waals surface area (Å²) in [4.78, 5) is 18.3. The molecule has 0 saturated carbocycles. The van der Waals surface area contributed by atoms with Crippen molar-refractivity contribution < 1.29 is 9.47 Å². The van der Waals surface area contributed by atoms with Crippen molar-refractivity contribution in [1.29, 1.82) is 0 Å². The van der Waals surface area contributed by atoms with Crippen molar-refractivity contribution in [3.05, 3.63) is 75.6 Å². The summed E-state index contributed by atoms with van der Waals surface area (Å²) in [6.07, 6.45) is 2.31. The van der Waals surface area contributed by atoms with Gasteiger partial charge in [-0.3, -0.25) is 9.36 Å². The van der Waals surface area contributed by atoms with Gasteiger partial charge in [0.15, 0.2) is 0 Å². The van der Waals surface area contributed by atoms with Crippen LogP contribution < -0.4 is 15.0 Å². The van der Waals surface area contributed by atoms with E-state index in [1.54, 1.807) is 23.0 Å². The van der Waals surface area contributed by atoms with Gasteiger partial charge in [-0.2, -0.15) is 0 Å². The molecule has 2 aromatic heterocycles. The SMILES string of the molecule is CCOc1ccc(-c2csc3ncn(CCCOc4ccc(Cl)cc4)c(=O)c23)cc1. The maximum Gasteiger partial charge on any atom is 0.262 e. The number of hydrogen-bond acceptors (Lipinski definition) is 5. The Bertz CT molecular complexity index is 1180. The topological polar surface area (TPSA) is 53.4 Å². The quantitative estimate of drug-likeness (QED) is 0.332. The van der Waals surface area contributed by atoms with E-state index in [0.717, 1.165) is 27.5 Å². The van der Waals surface area contributed by atoms with Crippen LogP contribution in [-0.4, -0.2) is 22.8 Å². The van der Waals surface area contributed by atoms with Crippen LogP contribution >= 0.6 is 22.9 Å². The summed E-state index contributed by atoms with van der Waals surface area (Å²) < 4.78 is 12.9. The minimum Gasteiger partial charge on any atom is -0.494 e. The minimum absolute atomic E-state index is 0.0309. The summed E-state index contributed by atoms with van der Waals surface area (Å²) >= 11 is 7.36. The molecule has 0 aliphatic carbocycles. The monoisotopic (exact) mass is 440 g/mol. The molecule has 7 heteroatoms. The lowest BCUT2D eigenvalue weighted by Gasteiger charge is -2.08. The van der Waals surface area contributed by atoms with Gasteiger partial charge in [0.25, 0.3) is 5.56 Å². The van der Waals surface area contributed by atoms with E-state index in [9.17, 15) is 4.79 Å². The molecule has 0 bridgehead atoms. The summed E-state index contributed by atoms with van der Waals surface area (Å²) in [5, 5.41) is 3.32. The highest BCUT2D eigenvalue weighted by Gasteiger charge is 2.13. The van der Waals surface area contributed by atoms with Crippen molar-refractivity contribution in [3.63, 3.8) is 0 Å². The second-order valence-corrected chi connectivity index (χ2v) is 7.98. The molecule has 154 valence electrons. The Morgan fingerprint density at radius 1 is 1.03 bits per heavy atom. The summed E-state index contributed by atoms with van der Waals surface area (Å²) in [7, 11) is 0. The van der Waals surface area contributed by atoms with E-state index in [-0.39, 0.29) is 5.56 Å². The molecule has 0 atom stereocenters. The molecule has 0 radical (unpaired) electrons. The van der Waals surface area contributed by atoms with Gasteiger partial charge < -0.3 is 9.47 Å². The van der Waals surface area contributed by atoms with E-state index < -0.39 is 0 Å². The van der Waals surface area contributed by atoms with Gasteiger partial charge in [0.05, 0.1) is 24.9 Å². The average molecular weight is 441 g/mol. The normalized spacial score (nSPS) is 11.0. The zero-order chi connectivity index (χ0) is 20.9. The molecule has 0 unspecified atom stereocenters. The Labute approximate surface area is 183 Å². The second-order valence-electron chi connectivity index (χ2n) is 6.69. The van der Waals surface area contributed by atoms with E-state index >= 15 is 0 Å². The van der Waals surface area contributed by atoms with Crippen LogP contribution in [-0.2, 0) is 6.54 Å². The van der Waals surface area contributed by atoms with E-state index in [1.165, 1.54) is 11.3 Å². The van der Waals surface area contributed by atoms with Crippen molar-refractivity contribution in [2.75, 3.05) is 13.2 Å².